The second-order valence-corrected chi connectivity index (χ2v) is 5.74. The van der Waals surface area contributed by atoms with Gasteiger partial charge in [-0.25, -0.2) is 0 Å². The average Bonchev–Trinajstić information content (AvgIpc) is 2.58. The monoisotopic (exact) mass is 313 g/mol. The Morgan fingerprint density at radius 1 is 1.09 bits per heavy atom. The minimum Gasteiger partial charge on any atom is -0.493 e. The maximum absolute atomic E-state index is 12.1. The van der Waals surface area contributed by atoms with Crippen LogP contribution in [0.2, 0.25) is 0 Å². The highest BCUT2D eigenvalue weighted by atomic mass is 16.5. The van der Waals surface area contributed by atoms with Gasteiger partial charge >= 0.3 is 0 Å². The third-order valence-electron chi connectivity index (χ3n) is 3.32. The van der Waals surface area contributed by atoms with Crippen LogP contribution in [-0.4, -0.2) is 19.6 Å². The Kier molecular flexibility index (Phi) is 6.03. The Morgan fingerprint density at radius 3 is 2.52 bits per heavy atom. The first-order chi connectivity index (χ1) is 11.1. The first kappa shape index (κ1) is 16.9. The molecule has 4 nitrogen and oxygen atoms in total. The Morgan fingerprint density at radius 2 is 1.83 bits per heavy atom. The lowest BCUT2D eigenvalue weighted by atomic mass is 10.1. The van der Waals surface area contributed by atoms with Crippen LogP contribution in [0.3, 0.4) is 0 Å². The Balaban J connectivity index is 2.01. The van der Waals surface area contributed by atoms with Gasteiger partial charge in [-0.2, -0.15) is 0 Å². The van der Waals surface area contributed by atoms with E-state index in [1.807, 2.05) is 48.5 Å². The normalized spacial score (nSPS) is 10.4. The molecule has 0 saturated heterocycles. The van der Waals surface area contributed by atoms with Crippen LogP contribution in [0, 0.1) is 5.92 Å². The van der Waals surface area contributed by atoms with Crippen molar-refractivity contribution in [2.24, 2.45) is 5.92 Å². The molecule has 2 aromatic carbocycles. The molecule has 23 heavy (non-hydrogen) atoms. The molecule has 0 bridgehead atoms. The molecule has 0 spiro atoms. The maximum Gasteiger partial charge on any atom is 0.251 e. The van der Waals surface area contributed by atoms with Crippen molar-refractivity contribution in [3.8, 4) is 11.5 Å². The molecular weight excluding hydrogens is 290 g/mol. The van der Waals surface area contributed by atoms with Crippen molar-refractivity contribution in [2.75, 3.05) is 13.7 Å². The molecule has 0 radical (unpaired) electrons. The second kappa shape index (κ2) is 8.22. The van der Waals surface area contributed by atoms with E-state index in [0.29, 0.717) is 36.1 Å². The number of rotatable bonds is 7. The number of amides is 1. The zero-order valence-electron chi connectivity index (χ0n) is 13.8. The van der Waals surface area contributed by atoms with Crippen molar-refractivity contribution in [1.82, 2.24) is 5.32 Å². The summed E-state index contributed by atoms with van der Waals surface area (Å²) in [7, 11) is 1.61. The van der Waals surface area contributed by atoms with Gasteiger partial charge in [0.25, 0.3) is 5.91 Å². The fourth-order valence-corrected chi connectivity index (χ4v) is 2.10. The Bertz CT molecular complexity index is 653. The first-order valence-corrected chi connectivity index (χ1v) is 7.73. The van der Waals surface area contributed by atoms with E-state index < -0.39 is 0 Å². The van der Waals surface area contributed by atoms with Crippen LogP contribution in [0.25, 0.3) is 0 Å². The van der Waals surface area contributed by atoms with E-state index >= 15 is 0 Å². The number of nitrogens with one attached hydrogen (secondary N) is 1. The number of carbonyl (C=O) groups is 1. The predicted molar refractivity (Wildman–Crippen MR) is 90.9 cm³/mol. The number of benzene rings is 2. The summed E-state index contributed by atoms with van der Waals surface area (Å²) in [5.41, 5.74) is 1.58. The molecule has 1 amide bonds. The summed E-state index contributed by atoms with van der Waals surface area (Å²) < 4.78 is 11.1. The van der Waals surface area contributed by atoms with E-state index in [2.05, 4.69) is 19.2 Å². The van der Waals surface area contributed by atoms with Gasteiger partial charge in [-0.05, 0) is 35.7 Å². The summed E-state index contributed by atoms with van der Waals surface area (Å²) >= 11 is 0. The fraction of sp³-hybridized carbons (Fsp3) is 0.316. The third-order valence-corrected chi connectivity index (χ3v) is 3.32. The molecule has 0 atom stereocenters. The van der Waals surface area contributed by atoms with Crippen molar-refractivity contribution in [3.05, 3.63) is 59.7 Å². The Hall–Kier alpha value is -2.49. The topological polar surface area (TPSA) is 47.6 Å². The van der Waals surface area contributed by atoms with Gasteiger partial charge in [0.15, 0.2) is 11.5 Å². The van der Waals surface area contributed by atoms with E-state index in [1.54, 1.807) is 7.11 Å². The van der Waals surface area contributed by atoms with Crippen LogP contribution in [0.5, 0.6) is 11.5 Å². The molecule has 0 unspecified atom stereocenters. The maximum atomic E-state index is 12.1. The highest BCUT2D eigenvalue weighted by molar-refractivity contribution is 5.94. The highest BCUT2D eigenvalue weighted by Crippen LogP contribution is 2.26. The van der Waals surface area contributed by atoms with Crippen LogP contribution < -0.4 is 14.8 Å². The number of para-hydroxylation sites is 2. The molecule has 2 rings (SSSR count). The van der Waals surface area contributed by atoms with E-state index in [1.165, 1.54) is 0 Å². The minimum absolute atomic E-state index is 0.0576. The zero-order chi connectivity index (χ0) is 16.7. The van der Waals surface area contributed by atoms with E-state index in [9.17, 15) is 4.79 Å². The lowest BCUT2D eigenvalue weighted by molar-refractivity contribution is 0.0949. The van der Waals surface area contributed by atoms with Gasteiger partial charge in [0, 0.05) is 12.1 Å². The first-order valence-electron chi connectivity index (χ1n) is 7.73. The lowest BCUT2D eigenvalue weighted by Gasteiger charge is -2.11. The van der Waals surface area contributed by atoms with Crippen molar-refractivity contribution >= 4 is 5.91 Å². The molecule has 0 aliphatic heterocycles. The van der Waals surface area contributed by atoms with Crippen molar-refractivity contribution in [2.45, 2.75) is 20.5 Å². The molecule has 122 valence electrons. The molecule has 0 aromatic heterocycles. The van der Waals surface area contributed by atoms with Gasteiger partial charge in [-0.15, -0.1) is 0 Å². The standard InChI is InChI=1S/C19H23NO3/c1-14(2)12-20-19(21)16-8-6-7-15(11-16)13-23-18-10-5-4-9-17(18)22-3/h4-11,14H,12-13H2,1-3H3,(H,20,21). The molecule has 0 fully saturated rings. The predicted octanol–water partition coefficient (Wildman–Crippen LogP) is 3.66. The van der Waals surface area contributed by atoms with Crippen molar-refractivity contribution < 1.29 is 14.3 Å². The molecule has 4 heteroatoms. The van der Waals surface area contributed by atoms with Crippen LogP contribution >= 0.6 is 0 Å². The van der Waals surface area contributed by atoms with E-state index in [-0.39, 0.29) is 5.91 Å². The molecular formula is C19H23NO3. The smallest absolute Gasteiger partial charge is 0.251 e. The van der Waals surface area contributed by atoms with Crippen molar-refractivity contribution in [3.63, 3.8) is 0 Å². The van der Waals surface area contributed by atoms with Crippen molar-refractivity contribution in [1.29, 1.82) is 0 Å². The van der Waals surface area contributed by atoms with Gasteiger partial charge in [0.1, 0.15) is 6.61 Å². The lowest BCUT2D eigenvalue weighted by Crippen LogP contribution is -2.27. The van der Waals surface area contributed by atoms with Crippen LogP contribution in [-0.2, 0) is 6.61 Å². The number of hydrogen-bond acceptors (Lipinski definition) is 3. The number of ether oxygens (including phenoxy) is 2. The second-order valence-electron chi connectivity index (χ2n) is 5.74. The van der Waals surface area contributed by atoms with Crippen LogP contribution in [0.15, 0.2) is 48.5 Å². The summed E-state index contributed by atoms with van der Waals surface area (Å²) in [5.74, 6) is 1.75. The SMILES string of the molecule is COc1ccccc1OCc1cccc(C(=O)NCC(C)C)c1. The molecule has 0 aliphatic carbocycles. The summed E-state index contributed by atoms with van der Waals surface area (Å²) in [6.45, 7) is 5.18. The number of methoxy groups -OCH3 is 1. The molecule has 2 aromatic rings. The largest absolute Gasteiger partial charge is 0.493 e. The van der Waals surface area contributed by atoms with Crippen LogP contribution in [0.4, 0.5) is 0 Å². The van der Waals surface area contributed by atoms with E-state index in [4.69, 9.17) is 9.47 Å². The number of carbonyl (C=O) groups excluding carboxylic acids is 1. The van der Waals surface area contributed by atoms with Crippen LogP contribution in [0.1, 0.15) is 29.8 Å². The fourth-order valence-electron chi connectivity index (χ4n) is 2.10. The molecule has 0 aliphatic rings. The van der Waals surface area contributed by atoms with Gasteiger partial charge < -0.3 is 14.8 Å². The summed E-state index contributed by atoms with van der Waals surface area (Å²) in [6.07, 6.45) is 0. The highest BCUT2D eigenvalue weighted by Gasteiger charge is 2.08. The summed E-state index contributed by atoms with van der Waals surface area (Å²) in [5, 5.41) is 2.92. The van der Waals surface area contributed by atoms with E-state index in [0.717, 1.165) is 5.56 Å². The molecule has 0 saturated carbocycles. The third kappa shape index (κ3) is 5.02. The van der Waals surface area contributed by atoms with Gasteiger partial charge in [-0.1, -0.05) is 38.1 Å². The van der Waals surface area contributed by atoms with Gasteiger partial charge in [0.2, 0.25) is 0 Å². The zero-order valence-corrected chi connectivity index (χ0v) is 13.8. The molecule has 0 heterocycles. The van der Waals surface area contributed by atoms with Gasteiger partial charge in [-0.3, -0.25) is 4.79 Å². The minimum atomic E-state index is -0.0576. The average molecular weight is 313 g/mol. The molecule has 1 N–H and O–H groups in total. The summed E-state index contributed by atoms with van der Waals surface area (Å²) in [6, 6.07) is 15.0. The summed E-state index contributed by atoms with van der Waals surface area (Å²) in [4.78, 5) is 12.1. The quantitative estimate of drug-likeness (QED) is 0.848. The number of hydrogen-bond donors (Lipinski definition) is 1. The van der Waals surface area contributed by atoms with Gasteiger partial charge in [0.05, 0.1) is 7.11 Å². The Labute approximate surface area is 137 Å².